The predicted molar refractivity (Wildman–Crippen MR) is 100 cm³/mol. The third-order valence-corrected chi connectivity index (χ3v) is 4.21. The zero-order valence-corrected chi connectivity index (χ0v) is 15.0. The second kappa shape index (κ2) is 8.40. The molecule has 6 heteroatoms. The lowest BCUT2D eigenvalue weighted by molar-refractivity contribution is -0.122. The van der Waals surface area contributed by atoms with Gasteiger partial charge in [-0.25, -0.2) is 4.98 Å². The first-order valence-corrected chi connectivity index (χ1v) is 8.56. The lowest BCUT2D eigenvalue weighted by atomic mass is 10.1. The minimum absolute atomic E-state index is 0.0329. The number of benzene rings is 2. The van der Waals surface area contributed by atoms with E-state index in [1.807, 2.05) is 67.4 Å². The summed E-state index contributed by atoms with van der Waals surface area (Å²) in [6.07, 6.45) is 1.48. The average molecular weight is 349 g/mol. The molecule has 2 aromatic carbocycles. The highest BCUT2D eigenvalue weighted by Gasteiger charge is 2.23. The molecule has 26 heavy (non-hydrogen) atoms. The van der Waals surface area contributed by atoms with Crippen LogP contribution in [0.3, 0.4) is 0 Å². The Labute approximate surface area is 153 Å². The van der Waals surface area contributed by atoms with E-state index in [9.17, 15) is 4.79 Å². The van der Waals surface area contributed by atoms with Crippen molar-refractivity contribution < 1.29 is 4.79 Å². The number of carbonyl (C=O) groups is 1. The summed E-state index contributed by atoms with van der Waals surface area (Å²) < 4.78 is 0. The molecule has 0 unspecified atom stereocenters. The van der Waals surface area contributed by atoms with Gasteiger partial charge in [-0.3, -0.25) is 14.8 Å². The van der Waals surface area contributed by atoms with Crippen molar-refractivity contribution in [1.82, 2.24) is 25.4 Å². The SMILES string of the molecule is Cc1cccc(CNC(=O)CN(C)[C@H](c2ccccc2)c2ncn[nH]2)c1. The van der Waals surface area contributed by atoms with E-state index in [4.69, 9.17) is 0 Å². The van der Waals surface area contributed by atoms with E-state index < -0.39 is 0 Å². The summed E-state index contributed by atoms with van der Waals surface area (Å²) >= 11 is 0. The van der Waals surface area contributed by atoms with E-state index in [0.29, 0.717) is 12.4 Å². The molecule has 1 heterocycles. The Morgan fingerprint density at radius 1 is 1.19 bits per heavy atom. The molecule has 3 rings (SSSR count). The number of carbonyl (C=O) groups excluding carboxylic acids is 1. The van der Waals surface area contributed by atoms with Crippen LogP contribution in [0.15, 0.2) is 60.9 Å². The molecule has 3 aromatic rings. The maximum Gasteiger partial charge on any atom is 0.234 e. The van der Waals surface area contributed by atoms with Gasteiger partial charge in [-0.15, -0.1) is 0 Å². The number of hydrogen-bond donors (Lipinski definition) is 2. The van der Waals surface area contributed by atoms with Gasteiger partial charge in [-0.1, -0.05) is 60.2 Å². The van der Waals surface area contributed by atoms with Crippen LogP contribution in [0.5, 0.6) is 0 Å². The lowest BCUT2D eigenvalue weighted by Gasteiger charge is -2.26. The molecule has 0 radical (unpaired) electrons. The minimum atomic E-state index is -0.164. The largest absolute Gasteiger partial charge is 0.351 e. The average Bonchev–Trinajstić information content (AvgIpc) is 3.15. The molecule has 0 saturated carbocycles. The van der Waals surface area contributed by atoms with Crippen LogP contribution in [-0.2, 0) is 11.3 Å². The van der Waals surface area contributed by atoms with Crippen LogP contribution >= 0.6 is 0 Å². The zero-order valence-electron chi connectivity index (χ0n) is 15.0. The van der Waals surface area contributed by atoms with Gasteiger partial charge in [0.2, 0.25) is 5.91 Å². The van der Waals surface area contributed by atoms with Gasteiger partial charge >= 0.3 is 0 Å². The van der Waals surface area contributed by atoms with Crippen LogP contribution in [0.1, 0.15) is 28.6 Å². The van der Waals surface area contributed by atoms with Crippen molar-refractivity contribution in [2.24, 2.45) is 0 Å². The van der Waals surface area contributed by atoms with Crippen molar-refractivity contribution in [3.63, 3.8) is 0 Å². The van der Waals surface area contributed by atoms with E-state index in [-0.39, 0.29) is 18.5 Å². The fourth-order valence-corrected chi connectivity index (χ4v) is 3.00. The Morgan fingerprint density at radius 3 is 2.69 bits per heavy atom. The number of amides is 1. The van der Waals surface area contributed by atoms with Crippen molar-refractivity contribution in [3.8, 4) is 0 Å². The summed E-state index contributed by atoms with van der Waals surface area (Å²) in [5.41, 5.74) is 3.33. The lowest BCUT2D eigenvalue weighted by Crippen LogP contribution is -2.37. The van der Waals surface area contributed by atoms with Crippen LogP contribution < -0.4 is 5.32 Å². The molecule has 134 valence electrons. The number of aromatic nitrogens is 3. The molecule has 0 aliphatic carbocycles. The Morgan fingerprint density at radius 2 is 2.00 bits per heavy atom. The predicted octanol–water partition coefficient (Wildman–Crippen LogP) is 2.45. The molecular formula is C20H23N5O. The number of H-pyrrole nitrogens is 1. The maximum absolute atomic E-state index is 12.4. The van der Waals surface area contributed by atoms with E-state index in [1.54, 1.807) is 0 Å². The summed E-state index contributed by atoms with van der Waals surface area (Å²) in [5, 5.41) is 9.85. The summed E-state index contributed by atoms with van der Waals surface area (Å²) in [6.45, 7) is 2.82. The second-order valence-corrected chi connectivity index (χ2v) is 6.36. The third-order valence-electron chi connectivity index (χ3n) is 4.21. The highest BCUT2D eigenvalue weighted by atomic mass is 16.2. The van der Waals surface area contributed by atoms with Crippen LogP contribution in [0.25, 0.3) is 0 Å². The van der Waals surface area contributed by atoms with Crippen molar-refractivity contribution >= 4 is 5.91 Å². The fraction of sp³-hybridized carbons (Fsp3) is 0.250. The van der Waals surface area contributed by atoms with E-state index in [0.717, 1.165) is 11.1 Å². The first-order chi connectivity index (χ1) is 12.6. The van der Waals surface area contributed by atoms with Crippen LogP contribution in [-0.4, -0.2) is 39.6 Å². The number of likely N-dealkylation sites (N-methyl/N-ethyl adjacent to an activating group) is 1. The van der Waals surface area contributed by atoms with E-state index >= 15 is 0 Å². The van der Waals surface area contributed by atoms with Crippen molar-refractivity contribution in [1.29, 1.82) is 0 Å². The molecule has 0 bridgehead atoms. The summed E-state index contributed by atoms with van der Waals surface area (Å²) in [5.74, 6) is 0.680. The second-order valence-electron chi connectivity index (χ2n) is 6.36. The number of rotatable bonds is 7. The molecule has 0 saturated heterocycles. The molecular weight excluding hydrogens is 326 g/mol. The van der Waals surface area contributed by atoms with Gasteiger partial charge < -0.3 is 5.32 Å². The topological polar surface area (TPSA) is 73.9 Å². The first kappa shape index (κ1) is 17.8. The third kappa shape index (κ3) is 4.55. The van der Waals surface area contributed by atoms with Crippen molar-refractivity contribution in [3.05, 3.63) is 83.4 Å². The quantitative estimate of drug-likeness (QED) is 0.687. The molecule has 2 N–H and O–H groups in total. The van der Waals surface area contributed by atoms with Gasteiger partial charge in [-0.05, 0) is 25.1 Å². The van der Waals surface area contributed by atoms with Gasteiger partial charge in [0.25, 0.3) is 0 Å². The number of hydrogen-bond acceptors (Lipinski definition) is 4. The van der Waals surface area contributed by atoms with Gasteiger partial charge in [0.05, 0.1) is 12.6 Å². The van der Waals surface area contributed by atoms with Crippen LogP contribution in [0.4, 0.5) is 0 Å². The zero-order chi connectivity index (χ0) is 18.4. The first-order valence-electron chi connectivity index (χ1n) is 8.56. The molecule has 1 aromatic heterocycles. The van der Waals surface area contributed by atoms with Gasteiger partial charge in [0.15, 0.2) is 0 Å². The van der Waals surface area contributed by atoms with Gasteiger partial charge in [-0.2, -0.15) is 5.10 Å². The normalized spacial score (nSPS) is 12.1. The fourth-order valence-electron chi connectivity index (χ4n) is 3.00. The van der Waals surface area contributed by atoms with Gasteiger partial charge in [0.1, 0.15) is 12.2 Å². The Hall–Kier alpha value is -2.99. The highest BCUT2D eigenvalue weighted by Crippen LogP contribution is 2.24. The van der Waals surface area contributed by atoms with E-state index in [1.165, 1.54) is 11.9 Å². The summed E-state index contributed by atoms with van der Waals surface area (Å²) in [6, 6.07) is 17.9. The molecule has 1 amide bonds. The molecule has 1 atom stereocenters. The van der Waals surface area contributed by atoms with Crippen molar-refractivity contribution in [2.75, 3.05) is 13.6 Å². The summed E-state index contributed by atoms with van der Waals surface area (Å²) in [4.78, 5) is 18.7. The molecule has 0 aliphatic rings. The van der Waals surface area contributed by atoms with Crippen LogP contribution in [0.2, 0.25) is 0 Å². The molecule has 0 spiro atoms. The number of aryl methyl sites for hydroxylation is 1. The Kier molecular flexibility index (Phi) is 5.76. The molecule has 6 nitrogen and oxygen atoms in total. The monoisotopic (exact) mass is 349 g/mol. The van der Waals surface area contributed by atoms with E-state index in [2.05, 4.69) is 26.6 Å². The Balaban J connectivity index is 1.66. The number of nitrogens with zero attached hydrogens (tertiary/aromatic N) is 3. The molecule has 0 fully saturated rings. The maximum atomic E-state index is 12.4. The standard InChI is InChI=1S/C20H23N5O/c1-15-7-6-8-16(11-15)12-21-18(26)13-25(2)19(20-22-14-23-24-20)17-9-4-3-5-10-17/h3-11,14,19H,12-13H2,1-2H3,(H,21,26)(H,22,23,24)/t19-/m1/s1. The molecule has 0 aliphatic heterocycles. The van der Waals surface area contributed by atoms with Gasteiger partial charge in [0, 0.05) is 6.54 Å². The number of aromatic amines is 1. The highest BCUT2D eigenvalue weighted by molar-refractivity contribution is 5.78. The minimum Gasteiger partial charge on any atom is -0.351 e. The van der Waals surface area contributed by atoms with Crippen LogP contribution in [0, 0.1) is 6.92 Å². The summed E-state index contributed by atoms with van der Waals surface area (Å²) in [7, 11) is 1.91. The number of nitrogens with one attached hydrogen (secondary N) is 2. The van der Waals surface area contributed by atoms with Crippen molar-refractivity contribution in [2.45, 2.75) is 19.5 Å². The Bertz CT molecular complexity index is 832. The smallest absolute Gasteiger partial charge is 0.234 e.